The van der Waals surface area contributed by atoms with Gasteiger partial charge >= 0.3 is 11.9 Å². The van der Waals surface area contributed by atoms with E-state index in [2.05, 4.69) is 6.92 Å². The fraction of sp³-hybridized carbons (Fsp3) is 0.875. The highest BCUT2D eigenvalue weighted by atomic mass is 16.6. The van der Waals surface area contributed by atoms with Crippen LogP contribution in [0.15, 0.2) is 0 Å². The Morgan fingerprint density at radius 2 is 1.90 bits per heavy atom. The van der Waals surface area contributed by atoms with Crippen molar-refractivity contribution in [2.75, 3.05) is 0 Å². The average Bonchev–Trinajstić information content (AvgIpc) is 3.17. The predicted octanol–water partition coefficient (Wildman–Crippen LogP) is 2.98. The zero-order valence-corrected chi connectivity index (χ0v) is 12.2. The molecular formula is C16H24O4. The van der Waals surface area contributed by atoms with E-state index < -0.39 is 0 Å². The third-order valence-corrected chi connectivity index (χ3v) is 5.14. The normalized spacial score (nSPS) is 37.0. The minimum atomic E-state index is -0.345. The topological polar surface area (TPSA) is 55.9 Å². The molecule has 1 heterocycles. The number of epoxide rings is 1. The van der Waals surface area contributed by atoms with Gasteiger partial charge in [0.2, 0.25) is 0 Å². The Kier molecular flexibility index (Phi) is 3.85. The first-order valence-electron chi connectivity index (χ1n) is 7.96. The molecule has 3 aliphatic rings. The van der Waals surface area contributed by atoms with Crippen LogP contribution in [0.3, 0.4) is 0 Å². The van der Waals surface area contributed by atoms with Crippen molar-refractivity contribution in [3.05, 3.63) is 0 Å². The van der Waals surface area contributed by atoms with E-state index in [-0.39, 0.29) is 23.3 Å². The molecule has 0 aromatic carbocycles. The summed E-state index contributed by atoms with van der Waals surface area (Å²) in [4.78, 5) is 24.0. The minimum Gasteiger partial charge on any atom is -0.393 e. The van der Waals surface area contributed by atoms with Gasteiger partial charge in [0.25, 0.3) is 0 Å². The number of hydrogen-bond donors (Lipinski definition) is 0. The molecule has 3 atom stereocenters. The van der Waals surface area contributed by atoms with Crippen molar-refractivity contribution in [3.8, 4) is 0 Å². The van der Waals surface area contributed by atoms with Crippen molar-refractivity contribution >= 4 is 11.9 Å². The fourth-order valence-electron chi connectivity index (χ4n) is 3.77. The highest BCUT2D eigenvalue weighted by molar-refractivity contribution is 5.87. The van der Waals surface area contributed by atoms with E-state index in [0.29, 0.717) is 18.6 Å². The van der Waals surface area contributed by atoms with Gasteiger partial charge < -0.3 is 9.47 Å². The third kappa shape index (κ3) is 3.22. The molecule has 0 bridgehead atoms. The Hall–Kier alpha value is -0.900. The maximum atomic E-state index is 12.0. The van der Waals surface area contributed by atoms with Crippen LogP contribution in [0.25, 0.3) is 0 Å². The molecule has 0 aromatic heterocycles. The van der Waals surface area contributed by atoms with Crippen LogP contribution in [0.5, 0.6) is 0 Å². The Labute approximate surface area is 120 Å². The molecule has 0 spiro atoms. The van der Waals surface area contributed by atoms with Crippen LogP contribution in [0, 0.1) is 11.3 Å². The molecule has 1 saturated heterocycles. The number of ether oxygens (including phenoxy) is 2. The number of rotatable bonds is 3. The second kappa shape index (κ2) is 5.47. The van der Waals surface area contributed by atoms with Gasteiger partial charge in [0.05, 0.1) is 24.5 Å². The summed E-state index contributed by atoms with van der Waals surface area (Å²) in [6, 6.07) is 0. The summed E-state index contributed by atoms with van der Waals surface area (Å²) in [5, 5.41) is 0. The Morgan fingerprint density at radius 1 is 1.15 bits per heavy atom. The standard InChI is InChI=1S/C16H24O4/c1-16(8-7-12-13(9-16)19-12)10-14(17)20-15(18)11-5-3-2-4-6-11/h11-13H,2-10H2,1H3. The lowest BCUT2D eigenvalue weighted by atomic mass is 9.73. The van der Waals surface area contributed by atoms with Crippen LogP contribution in [-0.4, -0.2) is 24.1 Å². The van der Waals surface area contributed by atoms with Gasteiger partial charge in [-0.2, -0.15) is 0 Å². The van der Waals surface area contributed by atoms with Crippen molar-refractivity contribution < 1.29 is 19.1 Å². The molecule has 4 heteroatoms. The number of fused-ring (bicyclic) bond motifs is 1. The van der Waals surface area contributed by atoms with Gasteiger partial charge in [-0.1, -0.05) is 26.2 Å². The first kappa shape index (κ1) is 14.1. The van der Waals surface area contributed by atoms with Gasteiger partial charge in [0.1, 0.15) is 0 Å². The van der Waals surface area contributed by atoms with Gasteiger partial charge in [-0.05, 0) is 37.5 Å². The maximum Gasteiger partial charge on any atom is 0.316 e. The zero-order valence-electron chi connectivity index (χ0n) is 12.2. The van der Waals surface area contributed by atoms with Crippen molar-refractivity contribution in [1.29, 1.82) is 0 Å². The van der Waals surface area contributed by atoms with Crippen molar-refractivity contribution in [3.63, 3.8) is 0 Å². The molecule has 0 radical (unpaired) electrons. The van der Waals surface area contributed by atoms with Crippen molar-refractivity contribution in [2.24, 2.45) is 11.3 Å². The SMILES string of the molecule is CC1(CC(=O)OC(=O)C2CCCCC2)CCC2OC2C1. The number of hydrogen-bond acceptors (Lipinski definition) is 4. The van der Waals surface area contributed by atoms with E-state index in [1.54, 1.807) is 0 Å². The highest BCUT2D eigenvalue weighted by Crippen LogP contribution is 2.48. The Bertz CT molecular complexity index is 399. The van der Waals surface area contributed by atoms with E-state index >= 15 is 0 Å². The molecule has 4 nitrogen and oxygen atoms in total. The molecule has 0 N–H and O–H groups in total. The predicted molar refractivity (Wildman–Crippen MR) is 72.9 cm³/mol. The van der Waals surface area contributed by atoms with Crippen LogP contribution in [0.2, 0.25) is 0 Å². The van der Waals surface area contributed by atoms with E-state index in [1.165, 1.54) is 6.42 Å². The molecule has 1 aliphatic heterocycles. The maximum absolute atomic E-state index is 12.0. The second-order valence-electron chi connectivity index (χ2n) is 7.07. The zero-order chi connectivity index (χ0) is 14.2. The summed E-state index contributed by atoms with van der Waals surface area (Å²) in [7, 11) is 0. The number of carbonyl (C=O) groups is 2. The summed E-state index contributed by atoms with van der Waals surface area (Å²) in [5.41, 5.74) is -0.0540. The van der Waals surface area contributed by atoms with Crippen LogP contribution in [0.4, 0.5) is 0 Å². The first-order valence-corrected chi connectivity index (χ1v) is 7.96. The average molecular weight is 280 g/mol. The quantitative estimate of drug-likeness (QED) is 0.453. The van der Waals surface area contributed by atoms with E-state index in [9.17, 15) is 9.59 Å². The van der Waals surface area contributed by atoms with Crippen LogP contribution >= 0.6 is 0 Å². The van der Waals surface area contributed by atoms with E-state index in [1.807, 2.05) is 0 Å². The summed E-state index contributed by atoms with van der Waals surface area (Å²) in [6.45, 7) is 2.11. The highest BCUT2D eigenvalue weighted by Gasteiger charge is 2.49. The van der Waals surface area contributed by atoms with E-state index in [0.717, 1.165) is 44.9 Å². The van der Waals surface area contributed by atoms with Gasteiger partial charge in [-0.25, -0.2) is 0 Å². The molecule has 2 saturated carbocycles. The number of esters is 2. The van der Waals surface area contributed by atoms with Crippen LogP contribution < -0.4 is 0 Å². The van der Waals surface area contributed by atoms with Crippen molar-refractivity contribution in [1.82, 2.24) is 0 Å². The van der Waals surface area contributed by atoms with Crippen LogP contribution in [-0.2, 0) is 19.1 Å². The summed E-state index contributed by atoms with van der Waals surface area (Å²) >= 11 is 0. The summed E-state index contributed by atoms with van der Waals surface area (Å²) in [5.74, 6) is -0.695. The summed E-state index contributed by atoms with van der Waals surface area (Å²) in [6.07, 6.45) is 9.16. The molecule has 2 aliphatic carbocycles. The van der Waals surface area contributed by atoms with Crippen LogP contribution in [0.1, 0.15) is 64.7 Å². The first-order chi connectivity index (χ1) is 9.56. The number of carbonyl (C=O) groups excluding carboxylic acids is 2. The monoisotopic (exact) mass is 280 g/mol. The molecule has 112 valence electrons. The largest absolute Gasteiger partial charge is 0.393 e. The molecule has 3 fully saturated rings. The molecule has 20 heavy (non-hydrogen) atoms. The fourth-order valence-corrected chi connectivity index (χ4v) is 3.77. The lowest BCUT2D eigenvalue weighted by Crippen LogP contribution is -2.30. The second-order valence-corrected chi connectivity index (χ2v) is 7.07. The van der Waals surface area contributed by atoms with Gasteiger partial charge in [-0.15, -0.1) is 0 Å². The molecule has 3 rings (SSSR count). The smallest absolute Gasteiger partial charge is 0.316 e. The Balaban J connectivity index is 1.47. The third-order valence-electron chi connectivity index (χ3n) is 5.14. The Morgan fingerprint density at radius 3 is 2.60 bits per heavy atom. The molecular weight excluding hydrogens is 256 g/mol. The lowest BCUT2D eigenvalue weighted by Gasteiger charge is -2.30. The van der Waals surface area contributed by atoms with Gasteiger partial charge in [0, 0.05) is 0 Å². The molecule has 3 unspecified atom stereocenters. The van der Waals surface area contributed by atoms with Gasteiger partial charge in [0.15, 0.2) is 0 Å². The van der Waals surface area contributed by atoms with E-state index in [4.69, 9.17) is 9.47 Å². The molecule has 0 amide bonds. The molecule has 0 aromatic rings. The summed E-state index contributed by atoms with van der Waals surface area (Å²) < 4.78 is 10.6. The van der Waals surface area contributed by atoms with Crippen molar-refractivity contribution in [2.45, 2.75) is 76.9 Å². The van der Waals surface area contributed by atoms with Gasteiger partial charge in [-0.3, -0.25) is 9.59 Å². The lowest BCUT2D eigenvalue weighted by molar-refractivity contribution is -0.165. The minimum absolute atomic E-state index is 0.0528.